The maximum Gasteiger partial charge on any atom is 0.168 e. The van der Waals surface area contributed by atoms with Crippen LogP contribution in [-0.2, 0) is 6.42 Å². The first-order chi connectivity index (χ1) is 8.56. The number of hydrogen-bond donors (Lipinski definition) is 0. The molecule has 18 heavy (non-hydrogen) atoms. The van der Waals surface area contributed by atoms with E-state index in [0.717, 1.165) is 23.8 Å². The third-order valence-electron chi connectivity index (χ3n) is 2.56. The van der Waals surface area contributed by atoms with Gasteiger partial charge in [-0.1, -0.05) is 0 Å². The van der Waals surface area contributed by atoms with Gasteiger partial charge in [0.05, 0.1) is 0 Å². The van der Waals surface area contributed by atoms with Crippen molar-refractivity contribution in [2.24, 2.45) is 0 Å². The van der Waals surface area contributed by atoms with Crippen LogP contribution in [0, 0.1) is 18.6 Å². The van der Waals surface area contributed by atoms with E-state index in [1.165, 1.54) is 6.20 Å². The minimum Gasteiger partial charge on any atom is -0.294 e. The smallest absolute Gasteiger partial charge is 0.168 e. The summed E-state index contributed by atoms with van der Waals surface area (Å²) >= 11 is 0. The molecule has 0 aliphatic heterocycles. The fraction of sp³-hybridized carbons (Fsp3) is 0.143. The zero-order valence-electron chi connectivity index (χ0n) is 9.78. The minimum atomic E-state index is -0.578. The lowest BCUT2D eigenvalue weighted by molar-refractivity contribution is 0.0991. The Morgan fingerprint density at radius 3 is 2.72 bits per heavy atom. The first kappa shape index (κ1) is 12.4. The summed E-state index contributed by atoms with van der Waals surface area (Å²) < 4.78 is 26.4. The van der Waals surface area contributed by atoms with Crippen molar-refractivity contribution in [3.63, 3.8) is 0 Å². The Hall–Kier alpha value is -2.10. The molecule has 0 atom stereocenters. The lowest BCUT2D eigenvalue weighted by Crippen LogP contribution is -2.06. The summed E-state index contributed by atoms with van der Waals surface area (Å²) in [5.41, 5.74) is 1.31. The molecule has 92 valence electrons. The summed E-state index contributed by atoms with van der Waals surface area (Å²) in [6, 6.07) is 4.76. The van der Waals surface area contributed by atoms with Gasteiger partial charge in [0.15, 0.2) is 5.78 Å². The third-order valence-corrected chi connectivity index (χ3v) is 2.56. The number of carbonyl (C=O) groups excluding carboxylic acids is 1. The lowest BCUT2D eigenvalue weighted by atomic mass is 10.0. The average Bonchev–Trinajstić information content (AvgIpc) is 2.34. The van der Waals surface area contributed by atoms with Gasteiger partial charge in [0.25, 0.3) is 0 Å². The van der Waals surface area contributed by atoms with E-state index in [4.69, 9.17) is 0 Å². The molecule has 0 N–H and O–H groups in total. The van der Waals surface area contributed by atoms with Gasteiger partial charge in [-0.2, -0.15) is 0 Å². The molecule has 0 aliphatic carbocycles. The molecule has 4 heteroatoms. The molecule has 0 bridgehead atoms. The van der Waals surface area contributed by atoms with Crippen LogP contribution in [0.1, 0.15) is 21.5 Å². The SMILES string of the molecule is Cc1cncc(C(=O)Cc2cc(F)ccc2F)c1. The van der Waals surface area contributed by atoms with Crippen LogP contribution in [0.15, 0.2) is 36.7 Å². The van der Waals surface area contributed by atoms with Gasteiger partial charge >= 0.3 is 0 Å². The molecule has 0 saturated carbocycles. The number of aromatic nitrogens is 1. The van der Waals surface area contributed by atoms with Crippen LogP contribution in [0.3, 0.4) is 0 Å². The Morgan fingerprint density at radius 2 is 2.00 bits per heavy atom. The molecule has 2 rings (SSSR count). The van der Waals surface area contributed by atoms with Crippen molar-refractivity contribution in [1.29, 1.82) is 0 Å². The molecule has 0 unspecified atom stereocenters. The zero-order valence-corrected chi connectivity index (χ0v) is 9.78. The molecule has 0 amide bonds. The minimum absolute atomic E-state index is 0.0570. The number of aryl methyl sites for hydroxylation is 1. The summed E-state index contributed by atoms with van der Waals surface area (Å²) in [6.07, 6.45) is 2.88. The van der Waals surface area contributed by atoms with Crippen LogP contribution in [0.5, 0.6) is 0 Å². The van der Waals surface area contributed by atoms with Gasteiger partial charge in [0.2, 0.25) is 0 Å². The number of nitrogens with zero attached hydrogens (tertiary/aromatic N) is 1. The highest BCUT2D eigenvalue weighted by atomic mass is 19.1. The van der Waals surface area contributed by atoms with Gasteiger partial charge in [-0.25, -0.2) is 8.78 Å². The van der Waals surface area contributed by atoms with E-state index in [2.05, 4.69) is 4.98 Å². The van der Waals surface area contributed by atoms with Crippen molar-refractivity contribution in [3.8, 4) is 0 Å². The Bertz CT molecular complexity index is 596. The first-order valence-electron chi connectivity index (χ1n) is 5.45. The highest BCUT2D eigenvalue weighted by molar-refractivity contribution is 5.97. The fourth-order valence-electron chi connectivity index (χ4n) is 1.66. The highest BCUT2D eigenvalue weighted by Gasteiger charge is 2.11. The largest absolute Gasteiger partial charge is 0.294 e. The molecular weight excluding hydrogens is 236 g/mol. The molecule has 2 aromatic rings. The third kappa shape index (κ3) is 2.77. The Balaban J connectivity index is 2.24. The van der Waals surface area contributed by atoms with Gasteiger partial charge in [0.1, 0.15) is 11.6 Å². The van der Waals surface area contributed by atoms with Crippen molar-refractivity contribution < 1.29 is 13.6 Å². The number of rotatable bonds is 3. The summed E-state index contributed by atoms with van der Waals surface area (Å²) in [6.45, 7) is 1.81. The van der Waals surface area contributed by atoms with Crippen molar-refractivity contribution in [2.45, 2.75) is 13.3 Å². The zero-order chi connectivity index (χ0) is 13.1. The van der Waals surface area contributed by atoms with Crippen molar-refractivity contribution in [1.82, 2.24) is 4.98 Å². The molecule has 0 fully saturated rings. The van der Waals surface area contributed by atoms with Crippen molar-refractivity contribution in [2.75, 3.05) is 0 Å². The van der Waals surface area contributed by atoms with Gasteiger partial charge in [-0.3, -0.25) is 9.78 Å². The predicted octanol–water partition coefficient (Wildman–Crippen LogP) is 3.09. The molecule has 0 saturated heterocycles. The van der Waals surface area contributed by atoms with Crippen molar-refractivity contribution >= 4 is 5.78 Å². The van der Waals surface area contributed by atoms with E-state index in [1.807, 2.05) is 6.92 Å². The quantitative estimate of drug-likeness (QED) is 0.780. The summed E-state index contributed by atoms with van der Waals surface area (Å²) in [5.74, 6) is -1.41. The molecule has 0 aliphatic rings. The average molecular weight is 247 g/mol. The van der Waals surface area contributed by atoms with Crippen molar-refractivity contribution in [3.05, 3.63) is 65.0 Å². The summed E-state index contributed by atoms with van der Waals surface area (Å²) in [7, 11) is 0. The monoisotopic (exact) mass is 247 g/mol. The standard InChI is InChI=1S/C14H11F2NO/c1-9-4-11(8-17-7-9)14(18)6-10-5-12(15)2-3-13(10)16/h2-5,7-8H,6H2,1H3. The van der Waals surface area contributed by atoms with Crippen LogP contribution >= 0.6 is 0 Å². The van der Waals surface area contributed by atoms with E-state index in [9.17, 15) is 13.6 Å². The number of halogens is 2. The highest BCUT2D eigenvalue weighted by Crippen LogP contribution is 2.13. The second kappa shape index (κ2) is 5.04. The number of ketones is 1. The van der Waals surface area contributed by atoms with Gasteiger partial charge in [-0.15, -0.1) is 0 Å². The first-order valence-corrected chi connectivity index (χ1v) is 5.45. The Labute approximate surface area is 103 Å². The Kier molecular flexibility index (Phi) is 3.46. The maximum atomic E-state index is 13.4. The second-order valence-electron chi connectivity index (χ2n) is 4.09. The van der Waals surface area contributed by atoms with E-state index in [1.54, 1.807) is 12.3 Å². The van der Waals surface area contributed by atoms with Crippen LogP contribution in [0.2, 0.25) is 0 Å². The number of Topliss-reactive ketones (excluding diaryl/α,β-unsaturated/α-hetero) is 1. The van der Waals surface area contributed by atoms with Crippen LogP contribution in [0.4, 0.5) is 8.78 Å². The van der Waals surface area contributed by atoms with Crippen LogP contribution in [0.25, 0.3) is 0 Å². The van der Waals surface area contributed by atoms with Gasteiger partial charge in [-0.05, 0) is 42.3 Å². The number of benzene rings is 1. The maximum absolute atomic E-state index is 13.4. The molecule has 1 aromatic heterocycles. The fourth-order valence-corrected chi connectivity index (χ4v) is 1.66. The van der Waals surface area contributed by atoms with E-state index < -0.39 is 11.6 Å². The molecule has 2 nitrogen and oxygen atoms in total. The second-order valence-corrected chi connectivity index (χ2v) is 4.09. The number of hydrogen-bond acceptors (Lipinski definition) is 2. The van der Waals surface area contributed by atoms with Crippen LogP contribution < -0.4 is 0 Å². The van der Waals surface area contributed by atoms with E-state index >= 15 is 0 Å². The normalized spacial score (nSPS) is 10.4. The van der Waals surface area contributed by atoms with E-state index in [-0.39, 0.29) is 17.8 Å². The molecular formula is C14H11F2NO. The van der Waals surface area contributed by atoms with Gasteiger partial charge in [0, 0.05) is 24.4 Å². The number of carbonyl (C=O) groups is 1. The molecule has 0 radical (unpaired) electrons. The summed E-state index contributed by atoms with van der Waals surface area (Å²) in [4.78, 5) is 15.8. The predicted molar refractivity (Wildman–Crippen MR) is 63.4 cm³/mol. The molecule has 1 heterocycles. The van der Waals surface area contributed by atoms with Crippen LogP contribution in [-0.4, -0.2) is 10.8 Å². The summed E-state index contributed by atoms with van der Waals surface area (Å²) in [5, 5.41) is 0. The number of pyridine rings is 1. The topological polar surface area (TPSA) is 30.0 Å². The Morgan fingerprint density at radius 1 is 1.22 bits per heavy atom. The molecule has 1 aromatic carbocycles. The van der Waals surface area contributed by atoms with Gasteiger partial charge < -0.3 is 0 Å². The van der Waals surface area contributed by atoms with E-state index in [0.29, 0.717) is 5.56 Å². The molecule has 0 spiro atoms. The lowest BCUT2D eigenvalue weighted by Gasteiger charge is -2.03.